The smallest absolute Gasteiger partial charge is 0.382 e. The third kappa shape index (κ3) is 2.96. The van der Waals surface area contributed by atoms with Gasteiger partial charge >= 0.3 is 6.18 Å². The third-order valence-corrected chi connectivity index (χ3v) is 3.00. The third-order valence-electron chi connectivity index (χ3n) is 2.70. The fourth-order valence-corrected chi connectivity index (χ4v) is 1.86. The molecule has 0 fully saturated rings. The minimum absolute atomic E-state index is 0.0641. The highest BCUT2D eigenvalue weighted by atomic mass is 35.5. The Balaban J connectivity index is 2.43. The minimum atomic E-state index is -4.44. The Bertz CT molecular complexity index is 641. The van der Waals surface area contributed by atoms with Gasteiger partial charge in [-0.15, -0.1) is 0 Å². The SMILES string of the molecule is Cc1nc(N)c(Cl)cc1Nc1ccccc1C(F)(F)F. The minimum Gasteiger partial charge on any atom is -0.382 e. The monoisotopic (exact) mass is 301 g/mol. The van der Waals surface area contributed by atoms with E-state index in [0.29, 0.717) is 11.4 Å². The molecule has 0 aliphatic heterocycles. The Morgan fingerprint density at radius 2 is 1.85 bits per heavy atom. The Morgan fingerprint density at radius 3 is 2.50 bits per heavy atom. The molecule has 1 heterocycles. The summed E-state index contributed by atoms with van der Waals surface area (Å²) in [4.78, 5) is 3.96. The van der Waals surface area contributed by atoms with Crippen molar-refractivity contribution in [2.75, 3.05) is 11.1 Å². The van der Waals surface area contributed by atoms with Crippen molar-refractivity contribution in [3.63, 3.8) is 0 Å². The number of alkyl halides is 3. The summed E-state index contributed by atoms with van der Waals surface area (Å²) in [7, 11) is 0. The van der Waals surface area contributed by atoms with Crippen molar-refractivity contribution in [3.8, 4) is 0 Å². The highest BCUT2D eigenvalue weighted by Gasteiger charge is 2.33. The maximum Gasteiger partial charge on any atom is 0.418 e. The van der Waals surface area contributed by atoms with E-state index in [1.54, 1.807) is 6.92 Å². The molecule has 1 aromatic carbocycles. The zero-order chi connectivity index (χ0) is 14.9. The van der Waals surface area contributed by atoms with Crippen LogP contribution in [0.1, 0.15) is 11.3 Å². The molecule has 0 radical (unpaired) electrons. The second-order valence-electron chi connectivity index (χ2n) is 4.16. The van der Waals surface area contributed by atoms with E-state index in [4.69, 9.17) is 17.3 Å². The van der Waals surface area contributed by atoms with Gasteiger partial charge in [-0.05, 0) is 25.1 Å². The van der Waals surface area contributed by atoms with E-state index < -0.39 is 11.7 Å². The second kappa shape index (κ2) is 5.20. The van der Waals surface area contributed by atoms with Gasteiger partial charge < -0.3 is 11.1 Å². The van der Waals surface area contributed by atoms with Crippen LogP contribution in [0.15, 0.2) is 30.3 Å². The summed E-state index contributed by atoms with van der Waals surface area (Å²) in [6.45, 7) is 1.63. The van der Waals surface area contributed by atoms with Crippen LogP contribution in [0.5, 0.6) is 0 Å². The molecular formula is C13H11ClF3N3. The summed E-state index contributed by atoms with van der Waals surface area (Å²) in [5.41, 5.74) is 5.55. The van der Waals surface area contributed by atoms with Crippen molar-refractivity contribution in [2.45, 2.75) is 13.1 Å². The number of nitrogen functional groups attached to an aromatic ring is 1. The molecule has 2 aromatic rings. The van der Waals surface area contributed by atoms with E-state index in [2.05, 4.69) is 10.3 Å². The lowest BCUT2D eigenvalue weighted by molar-refractivity contribution is -0.136. The van der Waals surface area contributed by atoms with Crippen molar-refractivity contribution >= 4 is 28.8 Å². The van der Waals surface area contributed by atoms with E-state index in [1.807, 2.05) is 0 Å². The van der Waals surface area contributed by atoms with Crippen LogP contribution < -0.4 is 11.1 Å². The number of nitrogens with two attached hydrogens (primary N) is 1. The number of nitrogens with one attached hydrogen (secondary N) is 1. The number of anilines is 3. The molecule has 1 aromatic heterocycles. The number of nitrogens with zero attached hydrogens (tertiary/aromatic N) is 1. The first kappa shape index (κ1) is 14.5. The van der Waals surface area contributed by atoms with Gasteiger partial charge in [0.2, 0.25) is 0 Å². The lowest BCUT2D eigenvalue weighted by Gasteiger charge is -2.16. The fraction of sp³-hybridized carbons (Fsp3) is 0.154. The molecule has 0 spiro atoms. The second-order valence-corrected chi connectivity index (χ2v) is 4.56. The Kier molecular flexibility index (Phi) is 3.76. The molecule has 0 saturated heterocycles. The summed E-state index contributed by atoms with van der Waals surface area (Å²) < 4.78 is 38.7. The van der Waals surface area contributed by atoms with Gasteiger partial charge in [-0.3, -0.25) is 0 Å². The Morgan fingerprint density at radius 1 is 1.20 bits per heavy atom. The Labute approximate surface area is 118 Å². The van der Waals surface area contributed by atoms with Crippen LogP contribution >= 0.6 is 11.6 Å². The largest absolute Gasteiger partial charge is 0.418 e. The first-order valence-corrected chi connectivity index (χ1v) is 6.02. The van der Waals surface area contributed by atoms with Crippen LogP contribution in [0.25, 0.3) is 0 Å². The summed E-state index contributed by atoms with van der Waals surface area (Å²) in [5.74, 6) is 0.138. The molecule has 0 saturated carbocycles. The van der Waals surface area contributed by atoms with Gasteiger partial charge in [0, 0.05) is 0 Å². The number of para-hydroxylation sites is 1. The van der Waals surface area contributed by atoms with Crippen LogP contribution in [0.2, 0.25) is 5.02 Å². The quantitative estimate of drug-likeness (QED) is 0.865. The molecule has 3 N–H and O–H groups in total. The van der Waals surface area contributed by atoms with Gasteiger partial charge in [0.05, 0.1) is 27.7 Å². The number of benzene rings is 1. The highest BCUT2D eigenvalue weighted by molar-refractivity contribution is 6.33. The number of halogens is 4. The molecule has 0 aliphatic rings. The first-order chi connectivity index (χ1) is 9.29. The van der Waals surface area contributed by atoms with Crippen molar-refractivity contribution in [2.24, 2.45) is 0 Å². The molecule has 7 heteroatoms. The molecule has 3 nitrogen and oxygen atoms in total. The van der Waals surface area contributed by atoms with Crippen LogP contribution in [-0.4, -0.2) is 4.98 Å². The fourth-order valence-electron chi connectivity index (χ4n) is 1.71. The molecular weight excluding hydrogens is 291 g/mol. The van der Waals surface area contributed by atoms with Gasteiger partial charge in [-0.25, -0.2) is 4.98 Å². The molecule has 0 amide bonds. The van der Waals surface area contributed by atoms with Crippen molar-refractivity contribution in [1.82, 2.24) is 4.98 Å². The number of hydrogen-bond acceptors (Lipinski definition) is 3. The number of aryl methyl sites for hydroxylation is 1. The summed E-state index contributed by atoms with van der Waals surface area (Å²) in [5, 5.41) is 2.88. The number of aromatic nitrogens is 1. The van der Waals surface area contributed by atoms with E-state index >= 15 is 0 Å². The Hall–Kier alpha value is -1.95. The standard InChI is InChI=1S/C13H11ClF3N3/c1-7-11(6-9(14)12(18)19-7)20-10-5-3-2-4-8(10)13(15,16)17/h2-6,20H,1H3,(H2,18,19). The van der Waals surface area contributed by atoms with Crippen LogP contribution in [0.3, 0.4) is 0 Å². The van der Waals surface area contributed by atoms with Gasteiger partial charge in [-0.2, -0.15) is 13.2 Å². The number of pyridine rings is 1. The molecule has 0 atom stereocenters. The molecule has 0 aliphatic carbocycles. The highest BCUT2D eigenvalue weighted by Crippen LogP contribution is 2.36. The topological polar surface area (TPSA) is 50.9 Å². The molecule has 106 valence electrons. The van der Waals surface area contributed by atoms with Crippen LogP contribution in [0, 0.1) is 6.92 Å². The molecule has 0 unspecified atom stereocenters. The number of rotatable bonds is 2. The van der Waals surface area contributed by atoms with Crippen LogP contribution in [0.4, 0.5) is 30.4 Å². The lowest BCUT2D eigenvalue weighted by Crippen LogP contribution is -2.09. The predicted octanol–water partition coefficient (Wildman–Crippen LogP) is 4.39. The van der Waals surface area contributed by atoms with E-state index in [1.165, 1.54) is 24.3 Å². The molecule has 0 bridgehead atoms. The van der Waals surface area contributed by atoms with E-state index in [0.717, 1.165) is 6.07 Å². The normalized spacial score (nSPS) is 11.4. The van der Waals surface area contributed by atoms with Gasteiger partial charge in [-0.1, -0.05) is 23.7 Å². The molecule has 20 heavy (non-hydrogen) atoms. The van der Waals surface area contributed by atoms with Gasteiger partial charge in [0.15, 0.2) is 0 Å². The molecule has 2 rings (SSSR count). The number of hydrogen-bond donors (Lipinski definition) is 2. The first-order valence-electron chi connectivity index (χ1n) is 5.65. The van der Waals surface area contributed by atoms with Crippen molar-refractivity contribution in [1.29, 1.82) is 0 Å². The average Bonchev–Trinajstić information content (AvgIpc) is 2.35. The maximum atomic E-state index is 12.9. The van der Waals surface area contributed by atoms with Gasteiger partial charge in [0.25, 0.3) is 0 Å². The summed E-state index contributed by atoms with van der Waals surface area (Å²) >= 11 is 5.83. The van der Waals surface area contributed by atoms with Crippen molar-refractivity contribution in [3.05, 3.63) is 46.6 Å². The maximum absolute atomic E-state index is 12.9. The predicted molar refractivity (Wildman–Crippen MR) is 73.1 cm³/mol. The van der Waals surface area contributed by atoms with E-state index in [9.17, 15) is 13.2 Å². The van der Waals surface area contributed by atoms with E-state index in [-0.39, 0.29) is 16.5 Å². The van der Waals surface area contributed by atoms with Crippen LogP contribution in [-0.2, 0) is 6.18 Å². The average molecular weight is 302 g/mol. The summed E-state index contributed by atoms with van der Waals surface area (Å²) in [6.07, 6.45) is -4.44. The lowest BCUT2D eigenvalue weighted by atomic mass is 10.1. The zero-order valence-electron chi connectivity index (χ0n) is 10.4. The van der Waals surface area contributed by atoms with Crippen molar-refractivity contribution < 1.29 is 13.2 Å². The summed E-state index contributed by atoms with van der Waals surface area (Å²) in [6, 6.07) is 6.64. The zero-order valence-corrected chi connectivity index (χ0v) is 11.2. The van der Waals surface area contributed by atoms with Gasteiger partial charge in [0.1, 0.15) is 5.82 Å².